The maximum absolute atomic E-state index is 13.7. The third-order valence-electron chi connectivity index (χ3n) is 9.12. The quantitative estimate of drug-likeness (QED) is 0.162. The molecular formula is C48H34F3IrN3O-2. The van der Waals surface area contributed by atoms with Gasteiger partial charge in [-0.1, -0.05) is 121 Å². The van der Waals surface area contributed by atoms with Crippen LogP contribution in [0.1, 0.15) is 30.5 Å². The molecule has 0 saturated heterocycles. The number of alkyl halides is 3. The van der Waals surface area contributed by atoms with Gasteiger partial charge in [-0.25, -0.2) is 0 Å². The number of halogens is 3. The number of hydrogen-bond donors (Lipinski definition) is 0. The van der Waals surface area contributed by atoms with Crippen LogP contribution in [0.3, 0.4) is 0 Å². The largest absolute Gasteiger partial charge is 0.557 e. The molecule has 3 heterocycles. The first-order chi connectivity index (χ1) is 29.1. The van der Waals surface area contributed by atoms with Gasteiger partial charge in [0, 0.05) is 63.1 Å². The van der Waals surface area contributed by atoms with E-state index in [-0.39, 0.29) is 31.2 Å². The summed E-state index contributed by atoms with van der Waals surface area (Å²) in [6.45, 7) is -2.28. The van der Waals surface area contributed by atoms with E-state index in [1.807, 2.05) is 65.2 Å². The molecule has 3 aromatic heterocycles. The molecule has 0 amide bonds. The number of rotatable bonds is 5. The molecule has 0 unspecified atom stereocenters. The third-order valence-corrected chi connectivity index (χ3v) is 9.12. The predicted molar refractivity (Wildman–Crippen MR) is 214 cm³/mol. The van der Waals surface area contributed by atoms with Gasteiger partial charge in [-0.2, -0.15) is 13.2 Å². The third kappa shape index (κ3) is 7.72. The van der Waals surface area contributed by atoms with Gasteiger partial charge < -0.3 is 14.0 Å². The van der Waals surface area contributed by atoms with Crippen molar-refractivity contribution in [3.8, 4) is 50.6 Å². The van der Waals surface area contributed by atoms with E-state index in [0.29, 0.717) is 39.1 Å². The van der Waals surface area contributed by atoms with Crippen LogP contribution in [0.15, 0.2) is 156 Å². The number of aryl methyl sites for hydroxylation is 3. The zero-order valence-electron chi connectivity index (χ0n) is 35.7. The average Bonchev–Trinajstić information content (AvgIpc) is 3.85. The van der Waals surface area contributed by atoms with Crippen LogP contribution in [0, 0.1) is 33.0 Å². The fourth-order valence-electron chi connectivity index (χ4n) is 6.57. The molecule has 0 aliphatic carbocycles. The smallest absolute Gasteiger partial charge is 0.415 e. The minimum Gasteiger partial charge on any atom is -0.557 e. The number of hydrogen-bond acceptors (Lipinski definition) is 3. The average molecular weight is 924 g/mol. The fraction of sp³-hybridized carbons (Fsp3) is 0.0833. The molecule has 4 nitrogen and oxygen atoms in total. The minimum absolute atomic E-state index is 0. The molecule has 0 fully saturated rings. The van der Waals surface area contributed by atoms with E-state index < -0.39 is 25.4 Å². The molecule has 56 heavy (non-hydrogen) atoms. The van der Waals surface area contributed by atoms with Crippen molar-refractivity contribution < 1.29 is 45.9 Å². The van der Waals surface area contributed by atoms with Crippen LogP contribution in [0.4, 0.5) is 13.2 Å². The first-order valence-corrected chi connectivity index (χ1v) is 17.3. The van der Waals surface area contributed by atoms with Crippen LogP contribution < -0.4 is 0 Å². The Balaban J connectivity index is 0.000000233. The van der Waals surface area contributed by atoms with Gasteiger partial charge in [0.25, 0.3) is 0 Å². The van der Waals surface area contributed by atoms with Crippen molar-refractivity contribution >= 4 is 22.0 Å². The zero-order valence-corrected chi connectivity index (χ0v) is 32.0. The van der Waals surface area contributed by atoms with Gasteiger partial charge in [-0.05, 0) is 66.0 Å². The fourth-order valence-corrected chi connectivity index (χ4v) is 6.57. The van der Waals surface area contributed by atoms with E-state index >= 15 is 0 Å². The molecular weight excluding hydrogens is 884 g/mol. The Labute approximate surface area is 345 Å². The second kappa shape index (κ2) is 16.0. The summed E-state index contributed by atoms with van der Waals surface area (Å²) < 4.78 is 92.5. The van der Waals surface area contributed by atoms with Gasteiger partial charge in [0.05, 0.1) is 22.5 Å². The first-order valence-electron chi connectivity index (χ1n) is 20.3. The van der Waals surface area contributed by atoms with Crippen LogP contribution in [-0.4, -0.2) is 14.5 Å². The molecule has 0 bridgehead atoms. The summed E-state index contributed by atoms with van der Waals surface area (Å²) in [5, 5.41) is 0.297. The number of pyridine rings is 1. The Bertz CT molecular complexity index is 2870. The van der Waals surface area contributed by atoms with E-state index in [0.717, 1.165) is 51.2 Å². The van der Waals surface area contributed by atoms with E-state index in [1.54, 1.807) is 12.1 Å². The van der Waals surface area contributed by atoms with Gasteiger partial charge in [-0.15, -0.1) is 35.4 Å². The number of aromatic nitrogens is 3. The van der Waals surface area contributed by atoms with Gasteiger partial charge in [0.15, 0.2) is 0 Å². The van der Waals surface area contributed by atoms with Gasteiger partial charge >= 0.3 is 6.18 Å². The predicted octanol–water partition coefficient (Wildman–Crippen LogP) is 13.1. The summed E-state index contributed by atoms with van der Waals surface area (Å²) in [5.74, 6) is 0.447. The van der Waals surface area contributed by atoms with E-state index in [4.69, 9.17) is 17.6 Å². The Kier molecular flexibility index (Phi) is 8.87. The summed E-state index contributed by atoms with van der Waals surface area (Å²) in [6.07, 6.45) is -0.316. The molecule has 0 spiro atoms. The van der Waals surface area contributed by atoms with Crippen molar-refractivity contribution in [1.29, 1.82) is 0 Å². The second-order valence-corrected chi connectivity index (χ2v) is 12.9. The number of nitrogens with zero attached hydrogens (tertiary/aromatic N) is 3. The van der Waals surface area contributed by atoms with Gasteiger partial charge in [0.2, 0.25) is 0 Å². The number of benzene rings is 6. The number of furan rings is 1. The first kappa shape index (κ1) is 31.2. The minimum atomic E-state index is -4.50. The van der Waals surface area contributed by atoms with Crippen molar-refractivity contribution in [2.24, 2.45) is 0 Å². The normalized spacial score (nSPS) is 13.3. The van der Waals surface area contributed by atoms with Gasteiger partial charge in [0.1, 0.15) is 0 Å². The summed E-state index contributed by atoms with van der Waals surface area (Å²) in [7, 11) is 0. The molecule has 0 aliphatic heterocycles. The molecule has 1 radical (unpaired) electrons. The van der Waals surface area contributed by atoms with Crippen LogP contribution in [0.25, 0.3) is 72.6 Å². The molecule has 0 N–H and O–H groups in total. The van der Waals surface area contributed by atoms with Crippen LogP contribution in [0.2, 0.25) is 0 Å². The summed E-state index contributed by atoms with van der Waals surface area (Å²) in [4.78, 5) is 9.03. The van der Waals surface area contributed by atoms with Crippen molar-refractivity contribution in [2.45, 2.75) is 26.8 Å². The monoisotopic (exact) mass is 924 g/mol. The summed E-state index contributed by atoms with van der Waals surface area (Å²) >= 11 is 0. The van der Waals surface area contributed by atoms with Crippen molar-refractivity contribution in [1.82, 2.24) is 14.5 Å². The number of para-hydroxylation sites is 2. The van der Waals surface area contributed by atoms with E-state index in [1.165, 1.54) is 30.5 Å². The van der Waals surface area contributed by atoms with Crippen LogP contribution in [0.5, 0.6) is 0 Å². The molecule has 8 heteroatoms. The maximum atomic E-state index is 13.7. The zero-order chi connectivity index (χ0) is 43.1. The molecule has 0 atom stereocenters. The van der Waals surface area contributed by atoms with Crippen LogP contribution >= 0.6 is 0 Å². The molecule has 9 aromatic rings. The maximum Gasteiger partial charge on any atom is 0.415 e. The Morgan fingerprint density at radius 2 is 1.38 bits per heavy atom. The van der Waals surface area contributed by atoms with Crippen molar-refractivity contribution in [3.63, 3.8) is 0 Å². The van der Waals surface area contributed by atoms with Gasteiger partial charge in [-0.3, -0.25) is 4.98 Å². The standard InChI is InChI=1S/C35H22F3N2O.C13H12N.Ir/c1-22-18-26(23-10-4-2-5-11-23)33(27(19-22)24-12-6-3-7-13-24)40-31-15-9-8-14-30(31)39-34(40)29-21-41-32-17-16-25(20-28(29)32)35(36,37)38;1-10-3-6-12(7-4-10)13-8-5-11(2)9-14-13;/h2-20H,1H3;3-6,8-9H,1-2H3;/q2*-1;/i;1D3,2D3;. The molecule has 279 valence electrons. The number of fused-ring (bicyclic) bond motifs is 2. The number of imidazole rings is 1. The Hall–Kier alpha value is -6.08. The molecule has 0 saturated carbocycles. The van der Waals surface area contributed by atoms with Crippen molar-refractivity contribution in [2.75, 3.05) is 0 Å². The summed E-state index contributed by atoms with van der Waals surface area (Å²) in [5.41, 5.74) is 8.88. The van der Waals surface area contributed by atoms with E-state index in [9.17, 15) is 13.2 Å². The molecule has 9 rings (SSSR count). The topological polar surface area (TPSA) is 43.9 Å². The molecule has 0 aliphatic rings. The van der Waals surface area contributed by atoms with E-state index in [2.05, 4.69) is 60.6 Å². The Morgan fingerprint density at radius 3 is 1.98 bits per heavy atom. The Morgan fingerprint density at radius 1 is 0.714 bits per heavy atom. The SMILES string of the molecule is Cc1cc(-c2ccccc2)c(-n2c(-c3[c-]oc4ccc(C(F)(F)F)cc34)nc3ccccc32)c(-c2ccccc2)c1.[2H]C([2H])([2H])c1c[c-]c(-c2ccc(C([2H])([2H])[2H])cn2)cc1.[Ir]. The second-order valence-electron chi connectivity index (χ2n) is 12.9. The summed E-state index contributed by atoms with van der Waals surface area (Å²) in [6, 6.07) is 46.0. The van der Waals surface area contributed by atoms with Crippen LogP contribution in [-0.2, 0) is 26.3 Å². The molecule has 6 aromatic carbocycles. The van der Waals surface area contributed by atoms with Crippen molar-refractivity contribution in [3.05, 3.63) is 186 Å².